The summed E-state index contributed by atoms with van der Waals surface area (Å²) < 4.78 is 33.4. The summed E-state index contributed by atoms with van der Waals surface area (Å²) >= 11 is 0. The predicted molar refractivity (Wildman–Crippen MR) is 103 cm³/mol. The van der Waals surface area contributed by atoms with Crippen molar-refractivity contribution in [1.82, 2.24) is 0 Å². The molecular weight excluding hydrogens is 439 g/mol. The van der Waals surface area contributed by atoms with Crippen LogP contribution < -0.4 is 40.2 Å². The van der Waals surface area contributed by atoms with Crippen molar-refractivity contribution in [2.24, 2.45) is 0 Å². The molecule has 0 aromatic heterocycles. The monoisotopic (exact) mass is 450 g/mol. The number of imide groups is 1. The Bertz CT molecular complexity index is 1420. The van der Waals surface area contributed by atoms with Gasteiger partial charge in [0.05, 0.1) is 5.69 Å². The number of hydrogen-bond donors (Lipinski definition) is 4. The first kappa shape index (κ1) is 22.7. The molecule has 0 atom stereocenters. The van der Waals surface area contributed by atoms with E-state index in [-0.39, 0.29) is 57.3 Å². The molecule has 0 unspecified atom stereocenters. The summed E-state index contributed by atoms with van der Waals surface area (Å²) in [5.74, 6) is -4.10. The third-order valence-corrected chi connectivity index (χ3v) is 5.48. The summed E-state index contributed by atoms with van der Waals surface area (Å²) in [5.41, 5.74) is 4.23. The Hall–Kier alpha value is -2.96. The molecule has 5 N–H and O–H groups in total. The Balaban J connectivity index is 0.00000272. The van der Waals surface area contributed by atoms with E-state index in [0.29, 0.717) is 4.90 Å². The van der Waals surface area contributed by atoms with E-state index < -0.39 is 49.7 Å². The van der Waals surface area contributed by atoms with Crippen LogP contribution in [0.3, 0.4) is 0 Å². The number of aromatic carboxylic acids is 1. The first-order chi connectivity index (χ1) is 14.0. The molecule has 3 aromatic carbocycles. The first-order valence-electron chi connectivity index (χ1n) is 8.22. The number of anilines is 2. The Labute approximate surface area is 196 Å². The molecule has 2 amide bonds. The van der Waals surface area contributed by atoms with E-state index in [1.807, 2.05) is 0 Å². The van der Waals surface area contributed by atoms with Crippen LogP contribution in [0.2, 0.25) is 0 Å². The SMILES string of the molecule is Nc1[c-]c(S(=O)(=O)O)c2c3c(cccc13)C(=O)N(c1ccc(O)c(C(=O)O)c1)C2=O.[Na+]. The predicted octanol–water partition coefficient (Wildman–Crippen LogP) is -1.32. The standard InChI is InChI=1S/C19H11N2O8S.Na/c20-12-7-14(30(27,28)29)16-15-9(12)2-1-3-10(15)17(23)21(18(16)24)8-4-5-13(22)11(6-8)19(25)26;/h1-6,22H,20H2,(H,25,26)(H,27,28,29);/q-1;+1. The van der Waals surface area contributed by atoms with Gasteiger partial charge in [-0.2, -0.15) is 8.42 Å². The molecule has 0 radical (unpaired) electrons. The Morgan fingerprint density at radius 1 is 1.10 bits per heavy atom. The first-order valence-corrected chi connectivity index (χ1v) is 9.66. The van der Waals surface area contributed by atoms with Gasteiger partial charge in [0, 0.05) is 5.56 Å². The average molecular weight is 450 g/mol. The zero-order chi connectivity index (χ0) is 22.0. The van der Waals surface area contributed by atoms with Gasteiger partial charge in [0.25, 0.3) is 16.0 Å². The van der Waals surface area contributed by atoms with Crippen molar-refractivity contribution >= 4 is 50.0 Å². The molecule has 1 heterocycles. The molecule has 152 valence electrons. The third-order valence-electron chi connectivity index (χ3n) is 4.66. The van der Waals surface area contributed by atoms with Gasteiger partial charge in [-0.05, 0) is 28.7 Å². The van der Waals surface area contributed by atoms with E-state index in [1.54, 1.807) is 0 Å². The molecule has 12 heteroatoms. The molecule has 31 heavy (non-hydrogen) atoms. The number of nitrogen functional groups attached to an aromatic ring is 1. The number of benzene rings is 3. The molecule has 4 rings (SSSR count). The van der Waals surface area contributed by atoms with E-state index in [9.17, 15) is 37.6 Å². The quantitative estimate of drug-likeness (QED) is 0.124. The number of nitrogens with two attached hydrogens (primary N) is 1. The van der Waals surface area contributed by atoms with Crippen molar-refractivity contribution in [3.8, 4) is 5.75 Å². The van der Waals surface area contributed by atoms with Crippen LogP contribution in [-0.2, 0) is 10.1 Å². The number of carbonyl (C=O) groups excluding carboxylic acids is 2. The fraction of sp³-hybridized carbons (Fsp3) is 0. The molecule has 10 nitrogen and oxygen atoms in total. The number of aromatic hydroxyl groups is 1. The minimum absolute atomic E-state index is 0. The van der Waals surface area contributed by atoms with E-state index >= 15 is 0 Å². The second-order valence-electron chi connectivity index (χ2n) is 6.40. The summed E-state index contributed by atoms with van der Waals surface area (Å²) in [6.07, 6.45) is 0. The molecule has 1 aliphatic heterocycles. The molecule has 0 bridgehead atoms. The van der Waals surface area contributed by atoms with Crippen molar-refractivity contribution in [1.29, 1.82) is 0 Å². The van der Waals surface area contributed by atoms with Crippen LogP contribution in [0.4, 0.5) is 11.4 Å². The van der Waals surface area contributed by atoms with Crippen LogP contribution in [-0.4, -0.2) is 41.0 Å². The summed E-state index contributed by atoms with van der Waals surface area (Å²) in [7, 11) is -4.96. The minimum Gasteiger partial charge on any atom is -0.507 e. The van der Waals surface area contributed by atoms with Gasteiger partial charge in [-0.25, -0.2) is 4.79 Å². The maximum absolute atomic E-state index is 13.2. The van der Waals surface area contributed by atoms with Crippen LogP contribution in [0.1, 0.15) is 31.1 Å². The van der Waals surface area contributed by atoms with Crippen LogP contribution in [0, 0.1) is 6.07 Å². The smallest absolute Gasteiger partial charge is 0.507 e. The molecule has 0 saturated heterocycles. The van der Waals surface area contributed by atoms with Gasteiger partial charge in [-0.1, -0.05) is 23.2 Å². The number of carboxylic acids is 1. The molecular formula is C19H11N2NaO8S. The summed E-state index contributed by atoms with van der Waals surface area (Å²) in [4.78, 5) is 37.3. The third kappa shape index (κ3) is 3.46. The molecule has 0 spiro atoms. The zero-order valence-electron chi connectivity index (χ0n) is 15.8. The molecule has 1 aliphatic rings. The van der Waals surface area contributed by atoms with Gasteiger partial charge >= 0.3 is 35.5 Å². The fourth-order valence-electron chi connectivity index (χ4n) is 3.38. The van der Waals surface area contributed by atoms with Crippen molar-refractivity contribution in [2.75, 3.05) is 10.6 Å². The van der Waals surface area contributed by atoms with Crippen molar-refractivity contribution in [3.05, 3.63) is 59.2 Å². The fourth-order valence-corrected chi connectivity index (χ4v) is 4.07. The van der Waals surface area contributed by atoms with Gasteiger partial charge < -0.3 is 15.9 Å². The summed E-state index contributed by atoms with van der Waals surface area (Å²) in [6.45, 7) is 0. The van der Waals surface area contributed by atoms with Gasteiger partial charge in [0.1, 0.15) is 11.3 Å². The number of hydrogen-bond acceptors (Lipinski definition) is 7. The number of nitrogens with zero attached hydrogens (tertiary/aromatic N) is 1. The minimum atomic E-state index is -4.96. The Morgan fingerprint density at radius 3 is 2.39 bits per heavy atom. The van der Waals surface area contributed by atoms with Crippen LogP contribution in [0.5, 0.6) is 5.75 Å². The average Bonchev–Trinajstić information content (AvgIpc) is 2.67. The molecule has 0 saturated carbocycles. The number of rotatable bonds is 3. The number of carbonyl (C=O) groups is 3. The van der Waals surface area contributed by atoms with Gasteiger partial charge in [-0.3, -0.25) is 19.0 Å². The molecule has 3 aromatic rings. The van der Waals surface area contributed by atoms with Crippen LogP contribution in [0.25, 0.3) is 10.8 Å². The summed E-state index contributed by atoms with van der Waals surface area (Å²) in [6, 6.07) is 9.53. The maximum atomic E-state index is 13.2. The molecule has 0 fully saturated rings. The Kier molecular flexibility index (Phi) is 5.59. The normalized spacial score (nSPS) is 13.3. The van der Waals surface area contributed by atoms with E-state index in [1.165, 1.54) is 18.2 Å². The van der Waals surface area contributed by atoms with Gasteiger partial charge in [0.15, 0.2) is 0 Å². The largest absolute Gasteiger partial charge is 1.00 e. The number of amides is 2. The number of phenols is 1. The van der Waals surface area contributed by atoms with Crippen LogP contribution in [0.15, 0.2) is 41.3 Å². The van der Waals surface area contributed by atoms with E-state index in [4.69, 9.17) is 5.73 Å². The summed E-state index contributed by atoms with van der Waals surface area (Å²) in [5, 5.41) is 19.0. The van der Waals surface area contributed by atoms with E-state index in [2.05, 4.69) is 6.07 Å². The second kappa shape index (κ2) is 7.62. The topological polar surface area (TPSA) is 175 Å². The van der Waals surface area contributed by atoms with Crippen molar-refractivity contribution < 1.29 is 67.1 Å². The van der Waals surface area contributed by atoms with E-state index in [0.717, 1.165) is 18.2 Å². The Morgan fingerprint density at radius 2 is 1.77 bits per heavy atom. The molecule has 0 aliphatic carbocycles. The van der Waals surface area contributed by atoms with Gasteiger partial charge in [0.2, 0.25) is 5.91 Å². The zero-order valence-corrected chi connectivity index (χ0v) is 18.6. The maximum Gasteiger partial charge on any atom is 1.00 e. The van der Waals surface area contributed by atoms with Crippen molar-refractivity contribution in [2.45, 2.75) is 4.90 Å². The number of carboxylic acid groups (broad SMARTS) is 1. The van der Waals surface area contributed by atoms with Crippen molar-refractivity contribution in [3.63, 3.8) is 0 Å². The van der Waals surface area contributed by atoms with Gasteiger partial charge in [-0.15, -0.1) is 17.5 Å². The van der Waals surface area contributed by atoms with Crippen LogP contribution >= 0.6 is 0 Å². The second-order valence-corrected chi connectivity index (χ2v) is 7.76.